The first-order valence-corrected chi connectivity index (χ1v) is 8.35. The van der Waals surface area contributed by atoms with Crippen LogP contribution >= 0.6 is 0 Å². The van der Waals surface area contributed by atoms with E-state index >= 15 is 0 Å². The zero-order valence-corrected chi connectivity index (χ0v) is 13.8. The Hall–Kier alpha value is -2.75. The van der Waals surface area contributed by atoms with Gasteiger partial charge in [0.05, 0.1) is 0 Å². The topological polar surface area (TPSA) is 129 Å². The number of nitrogens with one attached hydrogen (secondary N) is 1. The second-order valence-corrected chi connectivity index (χ2v) is 6.67. The van der Waals surface area contributed by atoms with Gasteiger partial charge in [0.2, 0.25) is 0 Å². The van der Waals surface area contributed by atoms with Gasteiger partial charge in [0.1, 0.15) is 6.33 Å². The summed E-state index contributed by atoms with van der Waals surface area (Å²) < 4.78 is 16.6. The number of nitrogens with zero attached hydrogens (tertiary/aromatic N) is 3. The van der Waals surface area contributed by atoms with E-state index in [1.807, 2.05) is 0 Å². The number of aromatic nitrogens is 3. The average Bonchev–Trinajstić information content (AvgIpc) is 3.17. The average molecular weight is 356 g/mol. The van der Waals surface area contributed by atoms with E-state index in [0.717, 1.165) is 7.15 Å². The summed E-state index contributed by atoms with van der Waals surface area (Å²) in [5.41, 5.74) is 0.248. The van der Waals surface area contributed by atoms with E-state index in [2.05, 4.69) is 20.1 Å². The van der Waals surface area contributed by atoms with Crippen LogP contribution in [0, 0.1) is 0 Å². The van der Waals surface area contributed by atoms with Crippen LogP contribution in [0.1, 0.15) is 34.1 Å². The van der Waals surface area contributed by atoms with Gasteiger partial charge in [-0.3, -0.25) is 5.10 Å². The maximum absolute atomic E-state index is 11.6. The molecule has 134 valence electrons. The fraction of sp³-hybridized carbons (Fsp3) is 0.438. The van der Waals surface area contributed by atoms with Crippen LogP contribution in [0.5, 0.6) is 11.5 Å². The Morgan fingerprint density at radius 3 is 2.85 bits per heavy atom. The third-order valence-electron chi connectivity index (χ3n) is 4.85. The number of hydrogen-bond donors (Lipinski definition) is 3. The molecule has 2 aromatic rings. The summed E-state index contributed by atoms with van der Waals surface area (Å²) in [5, 5.41) is 26.5. The van der Waals surface area contributed by atoms with Crippen LogP contribution in [-0.2, 0) is 11.2 Å². The van der Waals surface area contributed by atoms with E-state index in [1.165, 1.54) is 6.33 Å². The van der Waals surface area contributed by atoms with Crippen molar-refractivity contribution in [3.8, 4) is 11.5 Å². The minimum absolute atomic E-state index is 0.111. The molecule has 1 saturated heterocycles. The van der Waals surface area contributed by atoms with E-state index in [-0.39, 0.29) is 34.9 Å². The summed E-state index contributed by atoms with van der Waals surface area (Å²) in [5.74, 6) is -0.985. The number of rotatable bonds is 7. The molecular formula is C16H17BN4O5. The van der Waals surface area contributed by atoms with Gasteiger partial charge in [-0.15, -0.1) is 0 Å². The molecule has 0 radical (unpaired) electrons. The third kappa shape index (κ3) is 3.07. The standard InChI is InChI=1S/C16H17BN4O5/c22-15-9(10-3-11(10)17-25)1-2-12(14(15)16(23)24)26-8-4-21(5-8)6-13-18-7-19-20-13/h1-2,7-8,10-11,22H,3-6H2,(H,23,24)(H,18,19,20). The monoisotopic (exact) mass is 356 g/mol. The molecule has 1 aliphatic heterocycles. The van der Waals surface area contributed by atoms with E-state index in [1.54, 1.807) is 12.1 Å². The molecule has 2 atom stereocenters. The number of H-pyrrole nitrogens is 1. The van der Waals surface area contributed by atoms with Crippen molar-refractivity contribution in [3.63, 3.8) is 0 Å². The molecule has 0 bridgehead atoms. The number of phenols is 1. The number of likely N-dealkylation sites (tertiary alicyclic amines) is 1. The van der Waals surface area contributed by atoms with E-state index in [0.29, 0.717) is 37.4 Å². The van der Waals surface area contributed by atoms with Gasteiger partial charge < -0.3 is 0 Å². The zero-order valence-electron chi connectivity index (χ0n) is 13.8. The molecule has 1 aromatic heterocycles. The van der Waals surface area contributed by atoms with Crippen LogP contribution in [0.2, 0.25) is 5.82 Å². The number of carbonyl (C=O) groups is 1. The molecule has 4 rings (SSSR count). The van der Waals surface area contributed by atoms with Crippen molar-refractivity contribution in [2.75, 3.05) is 13.1 Å². The van der Waals surface area contributed by atoms with Crippen LogP contribution in [0.15, 0.2) is 18.5 Å². The molecule has 2 aliphatic rings. The number of hydrogen-bond acceptors (Lipinski definition) is 7. The molecular weight excluding hydrogens is 339 g/mol. The van der Waals surface area contributed by atoms with Crippen LogP contribution < -0.4 is 4.74 Å². The molecule has 3 N–H and O–H groups in total. The molecule has 0 spiro atoms. The van der Waals surface area contributed by atoms with Crippen molar-refractivity contribution in [1.29, 1.82) is 0 Å². The summed E-state index contributed by atoms with van der Waals surface area (Å²) in [6, 6.07) is 3.21. The Kier molecular flexibility index (Phi) is 4.19. The van der Waals surface area contributed by atoms with Crippen molar-refractivity contribution in [1.82, 2.24) is 20.1 Å². The van der Waals surface area contributed by atoms with Gasteiger partial charge in [0.25, 0.3) is 0 Å². The molecule has 10 heteroatoms. The number of carboxylic acid groups (broad SMARTS) is 1. The normalized spacial score (nSPS) is 22.5. The number of carboxylic acids is 1. The van der Waals surface area contributed by atoms with E-state index in [4.69, 9.17) is 4.74 Å². The molecule has 2 fully saturated rings. The number of aromatic hydroxyl groups is 1. The molecule has 0 amide bonds. The first-order valence-electron chi connectivity index (χ1n) is 8.35. The number of aromatic carboxylic acids is 1. The Balaban J connectivity index is 1.44. The Labute approximate surface area is 149 Å². The number of benzene rings is 1. The van der Waals surface area contributed by atoms with Gasteiger partial charge in [-0.1, -0.05) is 0 Å². The number of aromatic amines is 1. The first-order chi connectivity index (χ1) is 12.6. The van der Waals surface area contributed by atoms with Crippen LogP contribution in [-0.4, -0.2) is 62.6 Å². The predicted molar refractivity (Wildman–Crippen MR) is 88.7 cm³/mol. The summed E-state index contributed by atoms with van der Waals surface area (Å²) >= 11 is 0. The Bertz CT molecular complexity index is 837. The Morgan fingerprint density at radius 2 is 2.23 bits per heavy atom. The first kappa shape index (κ1) is 16.7. The summed E-state index contributed by atoms with van der Waals surface area (Å²) in [6.07, 6.45) is 1.98. The van der Waals surface area contributed by atoms with Gasteiger partial charge in [-0.25, -0.2) is 4.98 Å². The second kappa shape index (κ2) is 6.52. The van der Waals surface area contributed by atoms with Crippen LogP contribution in [0.25, 0.3) is 0 Å². The number of ether oxygens (including phenoxy) is 1. The molecule has 1 aromatic carbocycles. The molecule has 2 heterocycles. The zero-order chi connectivity index (χ0) is 18.3. The van der Waals surface area contributed by atoms with E-state index in [9.17, 15) is 19.7 Å². The molecule has 26 heavy (non-hydrogen) atoms. The quantitative estimate of drug-likeness (QED) is 0.622. The van der Waals surface area contributed by atoms with Crippen molar-refractivity contribution in [3.05, 3.63) is 35.4 Å². The van der Waals surface area contributed by atoms with Crippen molar-refractivity contribution >= 4 is 13.1 Å². The fourth-order valence-corrected chi connectivity index (χ4v) is 3.33. The van der Waals surface area contributed by atoms with Gasteiger partial charge in [0.15, 0.2) is 0 Å². The van der Waals surface area contributed by atoms with Crippen molar-refractivity contribution in [2.45, 2.75) is 30.8 Å². The summed E-state index contributed by atoms with van der Waals surface area (Å²) in [6.45, 7) is 1.83. The van der Waals surface area contributed by atoms with Gasteiger partial charge in [0, 0.05) is 0 Å². The molecule has 2 unspecified atom stereocenters. The van der Waals surface area contributed by atoms with Gasteiger partial charge in [-0.05, 0) is 0 Å². The Morgan fingerprint density at radius 1 is 1.42 bits per heavy atom. The van der Waals surface area contributed by atoms with Crippen LogP contribution in [0.3, 0.4) is 0 Å². The van der Waals surface area contributed by atoms with Gasteiger partial charge >= 0.3 is 127 Å². The summed E-state index contributed by atoms with van der Waals surface area (Å²) in [7, 11) is 0.839. The fourth-order valence-electron chi connectivity index (χ4n) is 3.33. The van der Waals surface area contributed by atoms with Crippen molar-refractivity contribution < 1.29 is 24.4 Å². The molecule has 1 saturated carbocycles. The summed E-state index contributed by atoms with van der Waals surface area (Å²) in [4.78, 5) is 17.7. The van der Waals surface area contributed by atoms with Gasteiger partial charge in [-0.2, -0.15) is 5.10 Å². The third-order valence-corrected chi connectivity index (χ3v) is 4.85. The predicted octanol–water partition coefficient (Wildman–Crippen LogP) is 0.797. The van der Waals surface area contributed by atoms with Crippen molar-refractivity contribution in [2.24, 2.45) is 0 Å². The SMILES string of the molecule is O=BC1CC1c1ccc(OC2CN(Cc3nc[nH]n3)C2)c(C(=O)O)c1O. The second-order valence-electron chi connectivity index (χ2n) is 6.67. The maximum atomic E-state index is 11.6. The van der Waals surface area contributed by atoms with E-state index < -0.39 is 5.97 Å². The minimum atomic E-state index is -1.25. The molecule has 1 aliphatic carbocycles. The molecule has 9 nitrogen and oxygen atoms in total. The van der Waals surface area contributed by atoms with Crippen LogP contribution in [0.4, 0.5) is 0 Å².